The van der Waals surface area contributed by atoms with E-state index in [0.717, 1.165) is 17.3 Å². The number of benzene rings is 2. The molecule has 1 amide bonds. The van der Waals surface area contributed by atoms with Crippen LogP contribution in [0.1, 0.15) is 28.9 Å². The lowest BCUT2D eigenvalue weighted by Crippen LogP contribution is -2.13. The average molecular weight is 426 g/mol. The van der Waals surface area contributed by atoms with Crippen molar-refractivity contribution in [3.8, 4) is 17.1 Å². The predicted octanol–water partition coefficient (Wildman–Crippen LogP) is 4.84. The normalized spacial score (nSPS) is 10.9. The van der Waals surface area contributed by atoms with Gasteiger partial charge in [0, 0.05) is 23.2 Å². The molecule has 0 fully saturated rings. The first-order valence-corrected chi connectivity index (χ1v) is 9.58. The van der Waals surface area contributed by atoms with Gasteiger partial charge in [0.05, 0.1) is 22.6 Å². The third-order valence-corrected chi connectivity index (χ3v) is 4.72. The average Bonchev–Trinajstić information content (AvgIpc) is 3.37. The zero-order chi connectivity index (χ0) is 21.3. The highest BCUT2D eigenvalue weighted by Gasteiger charge is 2.16. The second kappa shape index (κ2) is 8.08. The molecule has 0 aliphatic heterocycles. The van der Waals surface area contributed by atoms with Gasteiger partial charge in [-0.1, -0.05) is 23.7 Å². The van der Waals surface area contributed by atoms with Crippen LogP contribution in [0.15, 0.2) is 53.2 Å². The molecular weight excluding hydrogens is 409 g/mol. The Labute approximate surface area is 176 Å². The van der Waals surface area contributed by atoms with Crippen molar-refractivity contribution < 1.29 is 13.7 Å². The van der Waals surface area contributed by atoms with Crippen LogP contribution in [0.4, 0.5) is 10.1 Å². The molecule has 1 N–H and O–H groups in total. The van der Waals surface area contributed by atoms with Crippen LogP contribution in [-0.2, 0) is 6.42 Å². The quantitative estimate of drug-likeness (QED) is 0.494. The molecule has 9 heteroatoms. The Morgan fingerprint density at radius 3 is 2.67 bits per heavy atom. The molecule has 7 nitrogen and oxygen atoms in total. The van der Waals surface area contributed by atoms with Crippen LogP contribution in [0.5, 0.6) is 0 Å². The van der Waals surface area contributed by atoms with Crippen molar-refractivity contribution in [3.05, 3.63) is 76.6 Å². The van der Waals surface area contributed by atoms with Crippen LogP contribution in [0, 0.1) is 12.7 Å². The van der Waals surface area contributed by atoms with E-state index in [1.54, 1.807) is 17.8 Å². The molecule has 4 aromatic rings. The highest BCUT2D eigenvalue weighted by atomic mass is 35.5. The molecule has 0 radical (unpaired) electrons. The molecule has 152 valence electrons. The lowest BCUT2D eigenvalue weighted by Gasteiger charge is -2.05. The number of hydrogen-bond acceptors (Lipinski definition) is 5. The standard InChI is InChI=1S/C21H17ClFN5O2/c1-3-19-25-20(27-30-19)13-4-7-15(8-5-13)28-11-16(12(2)26-28)21(29)24-18-9-6-14(22)10-17(18)23/h4-11H,3H2,1-2H3,(H,24,29). The van der Waals surface area contributed by atoms with E-state index >= 15 is 0 Å². The van der Waals surface area contributed by atoms with Gasteiger partial charge in [-0.05, 0) is 49.4 Å². The first-order chi connectivity index (χ1) is 14.4. The first kappa shape index (κ1) is 19.8. The van der Waals surface area contributed by atoms with Gasteiger partial charge in [-0.15, -0.1) is 0 Å². The van der Waals surface area contributed by atoms with Crippen molar-refractivity contribution in [1.29, 1.82) is 0 Å². The van der Waals surface area contributed by atoms with Crippen molar-refractivity contribution in [2.45, 2.75) is 20.3 Å². The van der Waals surface area contributed by atoms with E-state index in [4.69, 9.17) is 16.1 Å². The number of carbonyl (C=O) groups excluding carboxylic acids is 1. The lowest BCUT2D eigenvalue weighted by molar-refractivity contribution is 0.102. The van der Waals surface area contributed by atoms with Gasteiger partial charge >= 0.3 is 0 Å². The maximum Gasteiger partial charge on any atom is 0.259 e. The number of aryl methyl sites for hydroxylation is 2. The van der Waals surface area contributed by atoms with E-state index < -0.39 is 11.7 Å². The summed E-state index contributed by atoms with van der Waals surface area (Å²) in [7, 11) is 0. The van der Waals surface area contributed by atoms with Gasteiger partial charge in [0.1, 0.15) is 5.82 Å². The van der Waals surface area contributed by atoms with Crippen LogP contribution < -0.4 is 5.32 Å². The SMILES string of the molecule is CCc1nc(-c2ccc(-n3cc(C(=O)Nc4ccc(Cl)cc4F)c(C)n3)cc2)no1. The monoisotopic (exact) mass is 425 g/mol. The molecule has 30 heavy (non-hydrogen) atoms. The summed E-state index contributed by atoms with van der Waals surface area (Å²) in [5, 5.41) is 11.1. The Hall–Kier alpha value is -3.52. The molecule has 2 heterocycles. The molecule has 0 spiro atoms. The molecule has 0 saturated heterocycles. The number of rotatable bonds is 5. The van der Waals surface area contributed by atoms with Crippen LogP contribution in [0.2, 0.25) is 5.02 Å². The van der Waals surface area contributed by atoms with Crippen molar-refractivity contribution >= 4 is 23.2 Å². The zero-order valence-corrected chi connectivity index (χ0v) is 16.9. The highest BCUT2D eigenvalue weighted by Crippen LogP contribution is 2.22. The van der Waals surface area contributed by atoms with Crippen LogP contribution in [0.25, 0.3) is 17.1 Å². The Morgan fingerprint density at radius 1 is 1.23 bits per heavy atom. The maximum absolute atomic E-state index is 14.0. The molecule has 0 saturated carbocycles. The van der Waals surface area contributed by atoms with Gasteiger partial charge in [-0.3, -0.25) is 4.79 Å². The summed E-state index contributed by atoms with van der Waals surface area (Å²) in [6.45, 7) is 3.65. The summed E-state index contributed by atoms with van der Waals surface area (Å²) < 4.78 is 20.7. The third-order valence-electron chi connectivity index (χ3n) is 4.48. The number of anilines is 1. The zero-order valence-electron chi connectivity index (χ0n) is 16.2. The molecule has 0 unspecified atom stereocenters. The number of nitrogens with one attached hydrogen (secondary N) is 1. The second-order valence-electron chi connectivity index (χ2n) is 6.56. The largest absolute Gasteiger partial charge is 0.339 e. The van der Waals surface area contributed by atoms with Crippen molar-refractivity contribution in [1.82, 2.24) is 19.9 Å². The number of carbonyl (C=O) groups is 1. The fraction of sp³-hybridized carbons (Fsp3) is 0.143. The fourth-order valence-electron chi connectivity index (χ4n) is 2.87. The summed E-state index contributed by atoms with van der Waals surface area (Å²) >= 11 is 5.75. The van der Waals surface area contributed by atoms with Crippen molar-refractivity contribution in [2.75, 3.05) is 5.32 Å². The number of nitrogens with zero attached hydrogens (tertiary/aromatic N) is 4. The first-order valence-electron chi connectivity index (χ1n) is 9.20. The second-order valence-corrected chi connectivity index (χ2v) is 7.00. The Kier molecular flexibility index (Phi) is 5.33. The van der Waals surface area contributed by atoms with Crippen LogP contribution in [0.3, 0.4) is 0 Å². The van der Waals surface area contributed by atoms with E-state index in [1.165, 1.54) is 12.1 Å². The third kappa shape index (κ3) is 3.95. The summed E-state index contributed by atoms with van der Waals surface area (Å²) in [5.74, 6) is 0.0179. The van der Waals surface area contributed by atoms with E-state index in [0.29, 0.717) is 29.4 Å². The Bertz CT molecular complexity index is 1220. The smallest absolute Gasteiger partial charge is 0.259 e. The summed E-state index contributed by atoms with van der Waals surface area (Å²) in [6.07, 6.45) is 2.26. The minimum absolute atomic E-state index is 0.0486. The van der Waals surface area contributed by atoms with Gasteiger partial charge in [0.25, 0.3) is 5.91 Å². The minimum atomic E-state index is -0.607. The lowest BCUT2D eigenvalue weighted by atomic mass is 10.2. The molecule has 0 aliphatic carbocycles. The van der Waals surface area contributed by atoms with Gasteiger partial charge in [-0.25, -0.2) is 9.07 Å². The van der Waals surface area contributed by atoms with E-state index in [1.807, 2.05) is 31.2 Å². The molecule has 4 rings (SSSR count). The molecule has 0 atom stereocenters. The molecule has 0 aliphatic rings. The van der Waals surface area contributed by atoms with Crippen LogP contribution in [-0.4, -0.2) is 25.8 Å². The fourth-order valence-corrected chi connectivity index (χ4v) is 3.03. The van der Waals surface area contributed by atoms with Crippen LogP contribution >= 0.6 is 11.6 Å². The number of aromatic nitrogens is 4. The van der Waals surface area contributed by atoms with E-state index in [9.17, 15) is 9.18 Å². The summed E-state index contributed by atoms with van der Waals surface area (Å²) in [6, 6.07) is 11.4. The predicted molar refractivity (Wildman–Crippen MR) is 110 cm³/mol. The molecule has 0 bridgehead atoms. The number of hydrogen-bond donors (Lipinski definition) is 1. The van der Waals surface area contributed by atoms with Gasteiger partial charge in [0.2, 0.25) is 11.7 Å². The van der Waals surface area contributed by atoms with Gasteiger partial charge < -0.3 is 9.84 Å². The number of halogens is 2. The van der Waals surface area contributed by atoms with E-state index in [2.05, 4.69) is 20.6 Å². The molecule has 2 aromatic carbocycles. The van der Waals surface area contributed by atoms with Crippen molar-refractivity contribution in [3.63, 3.8) is 0 Å². The minimum Gasteiger partial charge on any atom is -0.339 e. The van der Waals surface area contributed by atoms with Crippen molar-refractivity contribution in [2.24, 2.45) is 0 Å². The Balaban J connectivity index is 1.55. The summed E-state index contributed by atoms with van der Waals surface area (Å²) in [4.78, 5) is 16.9. The molecule has 2 aromatic heterocycles. The summed E-state index contributed by atoms with van der Waals surface area (Å²) in [5.41, 5.74) is 2.45. The van der Waals surface area contributed by atoms with E-state index in [-0.39, 0.29) is 10.7 Å². The number of amides is 1. The van der Waals surface area contributed by atoms with Gasteiger partial charge in [0.15, 0.2) is 0 Å². The maximum atomic E-state index is 14.0. The Morgan fingerprint density at radius 2 is 2.00 bits per heavy atom. The van der Waals surface area contributed by atoms with Gasteiger partial charge in [-0.2, -0.15) is 10.1 Å². The highest BCUT2D eigenvalue weighted by molar-refractivity contribution is 6.30. The molecular formula is C21H17ClFN5O2. The topological polar surface area (TPSA) is 85.8 Å².